The Morgan fingerprint density at radius 2 is 2.40 bits per heavy atom. The van der Waals surface area contributed by atoms with Crippen LogP contribution < -0.4 is 0 Å². The molecule has 0 spiro atoms. The number of aliphatic hydroxyl groups excluding tert-OH is 1. The van der Waals surface area contributed by atoms with Crippen LogP contribution in [-0.4, -0.2) is 23.8 Å². The van der Waals surface area contributed by atoms with Gasteiger partial charge in [-0.05, 0) is 13.3 Å². The first kappa shape index (κ1) is 9.17. The SMILES string of the molecule is [CH2]CC(CO)OC(=O)C=C. The Morgan fingerprint density at radius 3 is 2.70 bits per heavy atom. The molecule has 3 heteroatoms. The molecule has 0 saturated heterocycles. The van der Waals surface area contributed by atoms with E-state index in [1.54, 1.807) is 0 Å². The summed E-state index contributed by atoms with van der Waals surface area (Å²) >= 11 is 0. The zero-order valence-electron chi connectivity index (χ0n) is 5.75. The Bertz CT molecular complexity index is 116. The zero-order valence-corrected chi connectivity index (χ0v) is 5.75. The standard InChI is InChI=1S/C7H11O3/c1-3-6(5-8)10-7(9)4-2/h4,6,8H,1-3,5H2. The summed E-state index contributed by atoms with van der Waals surface area (Å²) in [5.41, 5.74) is 0. The number of carbonyl (C=O) groups excluding carboxylic acids is 1. The molecule has 0 aliphatic heterocycles. The summed E-state index contributed by atoms with van der Waals surface area (Å²) in [5, 5.41) is 8.52. The summed E-state index contributed by atoms with van der Waals surface area (Å²) in [4.78, 5) is 10.5. The van der Waals surface area contributed by atoms with Crippen molar-refractivity contribution in [2.75, 3.05) is 6.61 Å². The number of carbonyl (C=O) groups is 1. The molecule has 1 unspecified atom stereocenters. The minimum absolute atomic E-state index is 0.191. The lowest BCUT2D eigenvalue weighted by Gasteiger charge is -2.10. The summed E-state index contributed by atoms with van der Waals surface area (Å²) in [6.07, 6.45) is 0.930. The smallest absolute Gasteiger partial charge is 0.330 e. The van der Waals surface area contributed by atoms with Crippen LogP contribution in [0.15, 0.2) is 12.7 Å². The van der Waals surface area contributed by atoms with Crippen molar-refractivity contribution in [3.05, 3.63) is 19.6 Å². The van der Waals surface area contributed by atoms with E-state index in [9.17, 15) is 4.79 Å². The molecule has 1 N–H and O–H groups in total. The lowest BCUT2D eigenvalue weighted by atomic mass is 10.3. The van der Waals surface area contributed by atoms with E-state index in [1.807, 2.05) is 0 Å². The normalized spacial score (nSPS) is 12.2. The van der Waals surface area contributed by atoms with Gasteiger partial charge in [-0.2, -0.15) is 0 Å². The zero-order chi connectivity index (χ0) is 7.98. The van der Waals surface area contributed by atoms with Crippen LogP contribution in [-0.2, 0) is 9.53 Å². The van der Waals surface area contributed by atoms with Crippen LogP contribution in [0.25, 0.3) is 0 Å². The van der Waals surface area contributed by atoms with Gasteiger partial charge in [0.1, 0.15) is 6.10 Å². The second-order valence-corrected chi connectivity index (χ2v) is 1.73. The van der Waals surface area contributed by atoms with E-state index in [1.165, 1.54) is 0 Å². The summed E-state index contributed by atoms with van der Waals surface area (Å²) in [7, 11) is 0. The third-order valence-electron chi connectivity index (χ3n) is 0.975. The molecule has 0 aliphatic rings. The van der Waals surface area contributed by atoms with Crippen LogP contribution in [0.2, 0.25) is 0 Å². The third kappa shape index (κ3) is 3.25. The maximum atomic E-state index is 10.5. The molecule has 10 heavy (non-hydrogen) atoms. The molecule has 1 atom stereocenters. The first-order valence-electron chi connectivity index (χ1n) is 2.97. The number of ether oxygens (including phenoxy) is 1. The Hall–Kier alpha value is -0.830. The van der Waals surface area contributed by atoms with Gasteiger partial charge in [0.25, 0.3) is 0 Å². The first-order chi connectivity index (χ1) is 4.74. The fourth-order valence-electron chi connectivity index (χ4n) is 0.400. The van der Waals surface area contributed by atoms with Crippen molar-refractivity contribution in [3.63, 3.8) is 0 Å². The molecule has 0 aromatic rings. The van der Waals surface area contributed by atoms with Crippen molar-refractivity contribution in [1.29, 1.82) is 0 Å². The van der Waals surface area contributed by atoms with E-state index in [2.05, 4.69) is 18.2 Å². The lowest BCUT2D eigenvalue weighted by Crippen LogP contribution is -2.19. The van der Waals surface area contributed by atoms with E-state index in [0.717, 1.165) is 6.08 Å². The molecule has 0 fully saturated rings. The Balaban J connectivity index is 3.62. The summed E-state index contributed by atoms with van der Waals surface area (Å²) in [6, 6.07) is 0. The first-order valence-corrected chi connectivity index (χ1v) is 2.97. The summed E-state index contributed by atoms with van der Waals surface area (Å²) in [5.74, 6) is -0.525. The topological polar surface area (TPSA) is 46.5 Å². The summed E-state index contributed by atoms with van der Waals surface area (Å²) in [6.45, 7) is 6.49. The largest absolute Gasteiger partial charge is 0.457 e. The minimum Gasteiger partial charge on any atom is -0.457 e. The Labute approximate surface area is 60.3 Å². The molecule has 57 valence electrons. The molecule has 0 amide bonds. The number of hydrogen-bond acceptors (Lipinski definition) is 3. The van der Waals surface area contributed by atoms with Gasteiger partial charge in [0.05, 0.1) is 6.61 Å². The molecule has 0 bridgehead atoms. The van der Waals surface area contributed by atoms with Crippen LogP contribution in [0.1, 0.15) is 6.42 Å². The highest BCUT2D eigenvalue weighted by molar-refractivity contribution is 5.81. The molecular weight excluding hydrogens is 132 g/mol. The average Bonchev–Trinajstić information content (AvgIpc) is 1.99. The number of aliphatic hydroxyl groups is 1. The molecule has 0 aromatic carbocycles. The highest BCUT2D eigenvalue weighted by Crippen LogP contribution is 1.96. The molecule has 0 saturated carbocycles. The van der Waals surface area contributed by atoms with Crippen LogP contribution in [0.5, 0.6) is 0 Å². The van der Waals surface area contributed by atoms with Gasteiger partial charge in [0.15, 0.2) is 0 Å². The minimum atomic E-state index is -0.525. The van der Waals surface area contributed by atoms with Crippen LogP contribution in [0.3, 0.4) is 0 Å². The molecule has 0 aliphatic carbocycles. The van der Waals surface area contributed by atoms with Gasteiger partial charge < -0.3 is 9.84 Å². The van der Waals surface area contributed by atoms with E-state index in [-0.39, 0.29) is 6.61 Å². The van der Waals surface area contributed by atoms with E-state index >= 15 is 0 Å². The molecular formula is C7H11O3. The second kappa shape index (κ2) is 4.99. The van der Waals surface area contributed by atoms with Gasteiger partial charge in [-0.1, -0.05) is 6.58 Å². The van der Waals surface area contributed by atoms with Crippen LogP contribution >= 0.6 is 0 Å². The third-order valence-corrected chi connectivity index (χ3v) is 0.975. The fourth-order valence-corrected chi connectivity index (χ4v) is 0.400. The van der Waals surface area contributed by atoms with E-state index in [0.29, 0.717) is 6.42 Å². The van der Waals surface area contributed by atoms with Gasteiger partial charge in [0.2, 0.25) is 0 Å². The molecule has 0 aromatic heterocycles. The van der Waals surface area contributed by atoms with Crippen molar-refractivity contribution >= 4 is 5.97 Å². The van der Waals surface area contributed by atoms with Gasteiger partial charge in [-0.3, -0.25) is 0 Å². The highest BCUT2D eigenvalue weighted by Gasteiger charge is 2.07. The predicted octanol–water partition coefficient (Wildman–Crippen LogP) is 0.301. The lowest BCUT2D eigenvalue weighted by molar-refractivity contribution is -0.144. The maximum absolute atomic E-state index is 10.5. The molecule has 0 heterocycles. The molecule has 1 radical (unpaired) electrons. The van der Waals surface area contributed by atoms with Crippen molar-refractivity contribution < 1.29 is 14.6 Å². The quantitative estimate of drug-likeness (QED) is 0.455. The van der Waals surface area contributed by atoms with Crippen LogP contribution in [0.4, 0.5) is 0 Å². The Kier molecular flexibility index (Phi) is 4.58. The monoisotopic (exact) mass is 143 g/mol. The van der Waals surface area contributed by atoms with Gasteiger partial charge in [-0.15, -0.1) is 0 Å². The second-order valence-electron chi connectivity index (χ2n) is 1.73. The van der Waals surface area contributed by atoms with Crippen molar-refractivity contribution in [3.8, 4) is 0 Å². The van der Waals surface area contributed by atoms with Gasteiger partial charge in [0, 0.05) is 6.08 Å². The van der Waals surface area contributed by atoms with E-state index < -0.39 is 12.1 Å². The van der Waals surface area contributed by atoms with Crippen LogP contribution in [0, 0.1) is 6.92 Å². The van der Waals surface area contributed by atoms with Crippen molar-refractivity contribution in [2.45, 2.75) is 12.5 Å². The van der Waals surface area contributed by atoms with Gasteiger partial charge in [-0.25, -0.2) is 4.79 Å². The average molecular weight is 143 g/mol. The highest BCUT2D eigenvalue weighted by atomic mass is 16.5. The number of esters is 1. The Morgan fingerprint density at radius 1 is 1.80 bits per heavy atom. The molecule has 0 rings (SSSR count). The van der Waals surface area contributed by atoms with E-state index in [4.69, 9.17) is 5.11 Å². The van der Waals surface area contributed by atoms with Gasteiger partial charge >= 0.3 is 5.97 Å². The van der Waals surface area contributed by atoms with Crippen molar-refractivity contribution in [1.82, 2.24) is 0 Å². The fraction of sp³-hybridized carbons (Fsp3) is 0.429. The predicted molar refractivity (Wildman–Crippen MR) is 37.1 cm³/mol. The number of rotatable bonds is 4. The molecule has 3 nitrogen and oxygen atoms in total. The maximum Gasteiger partial charge on any atom is 0.330 e. The van der Waals surface area contributed by atoms with Crippen molar-refractivity contribution in [2.24, 2.45) is 0 Å². The number of hydrogen-bond donors (Lipinski definition) is 1. The summed E-state index contributed by atoms with van der Waals surface area (Å²) < 4.78 is 4.63.